The number of benzene rings is 1. The molecule has 0 radical (unpaired) electrons. The highest BCUT2D eigenvalue weighted by atomic mass is 35.5. The van der Waals surface area contributed by atoms with E-state index in [1.165, 1.54) is 7.11 Å². The standard InChI is InChI=1S/C16H17ClN4O3/c1-23-14-4-2-11(10-12(14)17)18-16(22)13-3-5-15(20-19-13)21-6-8-24-9-7-21/h2-5,10H,6-9H2,1H3,(H,18,22). The fourth-order valence-corrected chi connectivity index (χ4v) is 2.60. The molecule has 126 valence electrons. The van der Waals surface area contributed by atoms with Crippen LogP contribution in [0.15, 0.2) is 30.3 Å². The minimum atomic E-state index is -0.350. The van der Waals surface area contributed by atoms with Gasteiger partial charge in [-0.05, 0) is 30.3 Å². The second-order valence-electron chi connectivity index (χ2n) is 5.18. The van der Waals surface area contributed by atoms with Crippen LogP contribution in [0.25, 0.3) is 0 Å². The molecule has 1 aliphatic heterocycles. The molecule has 24 heavy (non-hydrogen) atoms. The quantitative estimate of drug-likeness (QED) is 0.913. The minimum Gasteiger partial charge on any atom is -0.495 e. The van der Waals surface area contributed by atoms with Crippen molar-refractivity contribution in [2.24, 2.45) is 0 Å². The summed E-state index contributed by atoms with van der Waals surface area (Å²) >= 11 is 6.05. The van der Waals surface area contributed by atoms with E-state index in [0.717, 1.165) is 18.9 Å². The third kappa shape index (κ3) is 3.74. The van der Waals surface area contributed by atoms with Gasteiger partial charge in [-0.3, -0.25) is 4.79 Å². The Balaban J connectivity index is 1.67. The van der Waals surface area contributed by atoms with E-state index >= 15 is 0 Å². The van der Waals surface area contributed by atoms with Gasteiger partial charge in [0, 0.05) is 18.8 Å². The number of carbonyl (C=O) groups excluding carboxylic acids is 1. The van der Waals surface area contributed by atoms with Crippen molar-refractivity contribution < 1.29 is 14.3 Å². The molecule has 1 aromatic heterocycles. The number of anilines is 2. The molecule has 7 nitrogen and oxygen atoms in total. The van der Waals surface area contributed by atoms with Crippen LogP contribution in [-0.4, -0.2) is 49.5 Å². The molecule has 0 atom stereocenters. The van der Waals surface area contributed by atoms with E-state index in [1.807, 2.05) is 0 Å². The van der Waals surface area contributed by atoms with Crippen LogP contribution < -0.4 is 15.0 Å². The van der Waals surface area contributed by atoms with E-state index in [2.05, 4.69) is 20.4 Å². The first-order chi connectivity index (χ1) is 11.7. The summed E-state index contributed by atoms with van der Waals surface area (Å²) < 4.78 is 10.4. The number of hydrogen-bond acceptors (Lipinski definition) is 6. The summed E-state index contributed by atoms with van der Waals surface area (Å²) in [5, 5.41) is 11.3. The summed E-state index contributed by atoms with van der Waals surface area (Å²) in [6.07, 6.45) is 0. The number of halogens is 1. The number of hydrogen-bond donors (Lipinski definition) is 1. The Morgan fingerprint density at radius 3 is 2.67 bits per heavy atom. The number of morpholine rings is 1. The number of ether oxygens (including phenoxy) is 2. The molecule has 0 bridgehead atoms. The molecule has 2 heterocycles. The Bertz CT molecular complexity index is 718. The lowest BCUT2D eigenvalue weighted by molar-refractivity contribution is 0.102. The van der Waals surface area contributed by atoms with Crippen molar-refractivity contribution in [3.05, 3.63) is 41.0 Å². The Hall–Kier alpha value is -2.38. The van der Waals surface area contributed by atoms with E-state index in [4.69, 9.17) is 21.1 Å². The van der Waals surface area contributed by atoms with Gasteiger partial charge in [0.05, 0.1) is 25.3 Å². The van der Waals surface area contributed by atoms with Crippen molar-refractivity contribution in [3.8, 4) is 5.75 Å². The second kappa shape index (κ2) is 7.46. The van der Waals surface area contributed by atoms with Crippen molar-refractivity contribution in [1.29, 1.82) is 0 Å². The van der Waals surface area contributed by atoms with Crippen molar-refractivity contribution in [2.75, 3.05) is 43.6 Å². The maximum Gasteiger partial charge on any atom is 0.276 e. The van der Waals surface area contributed by atoms with Crippen LogP contribution in [0.3, 0.4) is 0 Å². The number of aromatic nitrogens is 2. The maximum atomic E-state index is 12.2. The van der Waals surface area contributed by atoms with Gasteiger partial charge in [-0.25, -0.2) is 0 Å². The molecule has 0 aliphatic carbocycles. The van der Waals surface area contributed by atoms with E-state index in [-0.39, 0.29) is 11.6 Å². The van der Waals surface area contributed by atoms with E-state index in [9.17, 15) is 4.79 Å². The summed E-state index contributed by atoms with van der Waals surface area (Å²) in [5.74, 6) is 0.934. The molecule has 3 rings (SSSR count). The van der Waals surface area contributed by atoms with Crippen LogP contribution in [0.2, 0.25) is 5.02 Å². The van der Waals surface area contributed by atoms with Crippen LogP contribution in [0, 0.1) is 0 Å². The highest BCUT2D eigenvalue weighted by Gasteiger charge is 2.15. The molecule has 1 amide bonds. The molecule has 1 saturated heterocycles. The predicted molar refractivity (Wildman–Crippen MR) is 91.0 cm³/mol. The van der Waals surface area contributed by atoms with Gasteiger partial charge in [0.1, 0.15) is 5.75 Å². The molecular formula is C16H17ClN4O3. The Labute approximate surface area is 144 Å². The Kier molecular flexibility index (Phi) is 5.12. The fraction of sp³-hybridized carbons (Fsp3) is 0.312. The summed E-state index contributed by atoms with van der Waals surface area (Å²) in [7, 11) is 1.53. The number of amides is 1. The van der Waals surface area contributed by atoms with Gasteiger partial charge >= 0.3 is 0 Å². The summed E-state index contributed by atoms with van der Waals surface area (Å²) in [6, 6.07) is 8.45. The number of nitrogens with one attached hydrogen (secondary N) is 1. The molecule has 2 aromatic rings. The average Bonchev–Trinajstić information content (AvgIpc) is 2.63. The van der Waals surface area contributed by atoms with Gasteiger partial charge in [0.15, 0.2) is 11.5 Å². The molecule has 1 fully saturated rings. The van der Waals surface area contributed by atoms with Crippen LogP contribution in [0.1, 0.15) is 10.5 Å². The Morgan fingerprint density at radius 1 is 1.25 bits per heavy atom. The highest BCUT2D eigenvalue weighted by Crippen LogP contribution is 2.27. The summed E-state index contributed by atoms with van der Waals surface area (Å²) in [5.41, 5.74) is 0.795. The number of nitrogens with zero attached hydrogens (tertiary/aromatic N) is 3. The van der Waals surface area contributed by atoms with E-state index < -0.39 is 0 Å². The van der Waals surface area contributed by atoms with Gasteiger partial charge < -0.3 is 19.7 Å². The van der Waals surface area contributed by atoms with Crippen molar-refractivity contribution in [3.63, 3.8) is 0 Å². The van der Waals surface area contributed by atoms with Gasteiger partial charge in [-0.1, -0.05) is 11.6 Å². The van der Waals surface area contributed by atoms with Crippen LogP contribution in [0.5, 0.6) is 5.75 Å². The van der Waals surface area contributed by atoms with Crippen LogP contribution in [0.4, 0.5) is 11.5 Å². The molecule has 1 aromatic carbocycles. The lowest BCUT2D eigenvalue weighted by atomic mass is 10.2. The SMILES string of the molecule is COc1ccc(NC(=O)c2ccc(N3CCOCC3)nn2)cc1Cl. The molecule has 0 unspecified atom stereocenters. The molecule has 0 saturated carbocycles. The molecule has 1 N–H and O–H groups in total. The zero-order valence-corrected chi connectivity index (χ0v) is 13.9. The average molecular weight is 349 g/mol. The second-order valence-corrected chi connectivity index (χ2v) is 5.59. The molecular weight excluding hydrogens is 332 g/mol. The van der Waals surface area contributed by atoms with E-state index in [1.54, 1.807) is 30.3 Å². The third-order valence-corrected chi connectivity index (χ3v) is 3.92. The van der Waals surface area contributed by atoms with Gasteiger partial charge in [0.2, 0.25) is 0 Å². The fourth-order valence-electron chi connectivity index (χ4n) is 2.35. The largest absolute Gasteiger partial charge is 0.495 e. The lowest BCUT2D eigenvalue weighted by Gasteiger charge is -2.27. The maximum absolute atomic E-state index is 12.2. The first kappa shape index (κ1) is 16.5. The number of carbonyl (C=O) groups is 1. The number of rotatable bonds is 4. The Morgan fingerprint density at radius 2 is 2.04 bits per heavy atom. The summed E-state index contributed by atoms with van der Waals surface area (Å²) in [4.78, 5) is 14.3. The normalized spacial score (nSPS) is 14.3. The van der Waals surface area contributed by atoms with Crippen molar-refractivity contribution >= 4 is 29.0 Å². The highest BCUT2D eigenvalue weighted by molar-refractivity contribution is 6.32. The van der Waals surface area contributed by atoms with Gasteiger partial charge in [0.25, 0.3) is 5.91 Å². The topological polar surface area (TPSA) is 76.6 Å². The third-order valence-electron chi connectivity index (χ3n) is 3.63. The number of methoxy groups -OCH3 is 1. The van der Waals surface area contributed by atoms with Crippen LogP contribution in [-0.2, 0) is 4.74 Å². The minimum absolute atomic E-state index is 0.235. The van der Waals surface area contributed by atoms with Crippen molar-refractivity contribution in [2.45, 2.75) is 0 Å². The van der Waals surface area contributed by atoms with Crippen LogP contribution >= 0.6 is 11.6 Å². The summed E-state index contributed by atoms with van der Waals surface area (Å²) in [6.45, 7) is 2.87. The zero-order chi connectivity index (χ0) is 16.9. The lowest BCUT2D eigenvalue weighted by Crippen LogP contribution is -2.37. The molecule has 0 spiro atoms. The smallest absolute Gasteiger partial charge is 0.276 e. The van der Waals surface area contributed by atoms with Gasteiger partial charge in [-0.15, -0.1) is 10.2 Å². The molecule has 8 heteroatoms. The van der Waals surface area contributed by atoms with Crippen molar-refractivity contribution in [1.82, 2.24) is 10.2 Å². The first-order valence-electron chi connectivity index (χ1n) is 7.48. The predicted octanol–water partition coefficient (Wildman–Crippen LogP) is 2.23. The van der Waals surface area contributed by atoms with E-state index in [0.29, 0.717) is 29.7 Å². The first-order valence-corrected chi connectivity index (χ1v) is 7.86. The zero-order valence-electron chi connectivity index (χ0n) is 13.2. The molecule has 1 aliphatic rings. The van der Waals surface area contributed by atoms with Gasteiger partial charge in [-0.2, -0.15) is 0 Å². The monoisotopic (exact) mass is 348 g/mol.